The van der Waals surface area contributed by atoms with Gasteiger partial charge in [0.1, 0.15) is 16.6 Å². The standard InChI is InChI=1S/C15H16F2N2S/c1-2-18-11-7-4-8-12-14(11)19-15(20-12)13-9(16)5-3-6-10(13)17/h3,5-6,11,18H,2,4,7-8H2,1H3. The Hall–Kier alpha value is -1.33. The lowest BCUT2D eigenvalue weighted by Crippen LogP contribution is -2.24. The lowest BCUT2D eigenvalue weighted by molar-refractivity contribution is 0.465. The van der Waals surface area contributed by atoms with E-state index in [0.29, 0.717) is 5.01 Å². The summed E-state index contributed by atoms with van der Waals surface area (Å²) in [7, 11) is 0. The van der Waals surface area contributed by atoms with Crippen LogP contribution in [0.5, 0.6) is 0 Å². The molecule has 0 radical (unpaired) electrons. The smallest absolute Gasteiger partial charge is 0.136 e. The van der Waals surface area contributed by atoms with Gasteiger partial charge in [0.15, 0.2) is 0 Å². The van der Waals surface area contributed by atoms with E-state index in [4.69, 9.17) is 0 Å². The van der Waals surface area contributed by atoms with Crippen LogP contribution in [0, 0.1) is 11.6 Å². The van der Waals surface area contributed by atoms with Crippen molar-refractivity contribution in [3.05, 3.63) is 40.4 Å². The molecule has 106 valence electrons. The van der Waals surface area contributed by atoms with Crippen LogP contribution in [-0.2, 0) is 6.42 Å². The first-order valence-corrected chi connectivity index (χ1v) is 7.69. The zero-order chi connectivity index (χ0) is 14.1. The van der Waals surface area contributed by atoms with Gasteiger partial charge in [0.2, 0.25) is 0 Å². The molecule has 0 spiro atoms. The summed E-state index contributed by atoms with van der Waals surface area (Å²) in [5.74, 6) is -1.09. The van der Waals surface area contributed by atoms with Crippen molar-refractivity contribution in [1.29, 1.82) is 0 Å². The third kappa shape index (κ3) is 2.36. The number of aromatic nitrogens is 1. The Kier molecular flexibility index (Phi) is 3.81. The van der Waals surface area contributed by atoms with Crippen LogP contribution in [0.4, 0.5) is 8.78 Å². The average Bonchev–Trinajstić information content (AvgIpc) is 2.83. The molecule has 1 atom stereocenters. The summed E-state index contributed by atoms with van der Waals surface area (Å²) in [5.41, 5.74) is 0.975. The van der Waals surface area contributed by atoms with E-state index in [-0.39, 0.29) is 11.6 Å². The molecular weight excluding hydrogens is 278 g/mol. The van der Waals surface area contributed by atoms with E-state index in [1.807, 2.05) is 0 Å². The average molecular weight is 294 g/mol. The Morgan fingerprint density at radius 3 is 2.80 bits per heavy atom. The van der Waals surface area contributed by atoms with Gasteiger partial charge in [0.05, 0.1) is 17.3 Å². The molecule has 1 aromatic heterocycles. The molecule has 0 saturated carbocycles. The normalized spacial score (nSPS) is 18.1. The Labute approximate surface area is 120 Å². The molecule has 1 aliphatic rings. The molecule has 0 amide bonds. The summed E-state index contributed by atoms with van der Waals surface area (Å²) in [6, 6.07) is 4.15. The maximum Gasteiger partial charge on any atom is 0.136 e. The van der Waals surface area contributed by atoms with Gasteiger partial charge < -0.3 is 5.32 Å². The van der Waals surface area contributed by atoms with Crippen LogP contribution < -0.4 is 5.32 Å². The lowest BCUT2D eigenvalue weighted by Gasteiger charge is -2.21. The van der Waals surface area contributed by atoms with Crippen molar-refractivity contribution in [3.8, 4) is 10.6 Å². The van der Waals surface area contributed by atoms with Gasteiger partial charge in [-0.1, -0.05) is 13.0 Å². The summed E-state index contributed by atoms with van der Waals surface area (Å²) in [6.07, 6.45) is 3.07. The van der Waals surface area contributed by atoms with Crippen LogP contribution in [-0.4, -0.2) is 11.5 Å². The zero-order valence-corrected chi connectivity index (χ0v) is 12.1. The molecule has 1 N–H and O–H groups in total. The zero-order valence-electron chi connectivity index (χ0n) is 11.2. The minimum absolute atomic E-state index is 0.00199. The third-order valence-corrected chi connectivity index (χ3v) is 4.73. The van der Waals surface area contributed by atoms with Gasteiger partial charge >= 0.3 is 0 Å². The maximum atomic E-state index is 13.9. The summed E-state index contributed by atoms with van der Waals surface area (Å²) >= 11 is 1.42. The van der Waals surface area contributed by atoms with Crippen molar-refractivity contribution < 1.29 is 8.78 Å². The van der Waals surface area contributed by atoms with Gasteiger partial charge in [-0.3, -0.25) is 0 Å². The van der Waals surface area contributed by atoms with Crippen LogP contribution in [0.15, 0.2) is 18.2 Å². The molecule has 20 heavy (non-hydrogen) atoms. The molecule has 1 unspecified atom stereocenters. The minimum atomic E-state index is -0.545. The monoisotopic (exact) mass is 294 g/mol. The molecule has 1 aromatic carbocycles. The molecular formula is C15H16F2N2S. The van der Waals surface area contributed by atoms with E-state index in [9.17, 15) is 8.78 Å². The molecule has 5 heteroatoms. The van der Waals surface area contributed by atoms with Gasteiger partial charge in [0, 0.05) is 4.88 Å². The number of halogens is 2. The molecule has 0 aliphatic heterocycles. The van der Waals surface area contributed by atoms with Crippen molar-refractivity contribution in [2.75, 3.05) is 6.54 Å². The molecule has 3 rings (SSSR count). The molecule has 0 fully saturated rings. The third-order valence-electron chi connectivity index (χ3n) is 3.58. The topological polar surface area (TPSA) is 24.9 Å². The van der Waals surface area contributed by atoms with E-state index in [1.54, 1.807) is 0 Å². The Morgan fingerprint density at radius 1 is 1.35 bits per heavy atom. The largest absolute Gasteiger partial charge is 0.309 e. The second kappa shape index (κ2) is 5.58. The van der Waals surface area contributed by atoms with E-state index in [1.165, 1.54) is 29.5 Å². The number of thiazole rings is 1. The fourth-order valence-electron chi connectivity index (χ4n) is 2.67. The number of hydrogen-bond acceptors (Lipinski definition) is 3. The summed E-state index contributed by atoms with van der Waals surface area (Å²) < 4.78 is 27.7. The predicted molar refractivity (Wildman–Crippen MR) is 76.8 cm³/mol. The van der Waals surface area contributed by atoms with Crippen molar-refractivity contribution in [2.45, 2.75) is 32.2 Å². The molecule has 0 saturated heterocycles. The summed E-state index contributed by atoms with van der Waals surface area (Å²) in [6.45, 7) is 2.92. The number of hydrogen-bond donors (Lipinski definition) is 1. The first-order valence-electron chi connectivity index (χ1n) is 6.88. The van der Waals surface area contributed by atoms with E-state index < -0.39 is 11.6 Å². The van der Waals surface area contributed by atoms with Crippen LogP contribution >= 0.6 is 11.3 Å². The second-order valence-electron chi connectivity index (χ2n) is 4.93. The van der Waals surface area contributed by atoms with Gasteiger partial charge in [-0.2, -0.15) is 0 Å². The van der Waals surface area contributed by atoms with E-state index >= 15 is 0 Å². The van der Waals surface area contributed by atoms with Crippen LogP contribution in [0.3, 0.4) is 0 Å². The van der Waals surface area contributed by atoms with Crippen LogP contribution in [0.1, 0.15) is 36.4 Å². The SMILES string of the molecule is CCNC1CCCc2sc(-c3c(F)cccc3F)nc21. The van der Waals surface area contributed by atoms with Crippen molar-refractivity contribution >= 4 is 11.3 Å². The number of nitrogens with one attached hydrogen (secondary N) is 1. The number of benzene rings is 1. The first-order chi connectivity index (χ1) is 9.70. The molecule has 2 aromatic rings. The highest BCUT2D eigenvalue weighted by molar-refractivity contribution is 7.15. The fraction of sp³-hybridized carbons (Fsp3) is 0.400. The quantitative estimate of drug-likeness (QED) is 0.923. The first kappa shape index (κ1) is 13.6. The van der Waals surface area contributed by atoms with Gasteiger partial charge in [-0.15, -0.1) is 11.3 Å². The van der Waals surface area contributed by atoms with Gasteiger partial charge in [-0.25, -0.2) is 13.8 Å². The van der Waals surface area contributed by atoms with Crippen LogP contribution in [0.2, 0.25) is 0 Å². The van der Waals surface area contributed by atoms with Crippen molar-refractivity contribution in [2.24, 2.45) is 0 Å². The summed E-state index contributed by atoms with van der Waals surface area (Å²) in [5, 5.41) is 3.85. The highest BCUT2D eigenvalue weighted by Gasteiger charge is 2.26. The molecule has 1 heterocycles. The number of aryl methyl sites for hydroxylation is 1. The maximum absolute atomic E-state index is 13.9. The lowest BCUT2D eigenvalue weighted by atomic mass is 9.97. The van der Waals surface area contributed by atoms with Crippen LogP contribution in [0.25, 0.3) is 10.6 Å². The molecule has 2 nitrogen and oxygen atoms in total. The second-order valence-corrected chi connectivity index (χ2v) is 6.01. The Balaban J connectivity index is 2.05. The molecule has 1 aliphatic carbocycles. The highest BCUT2D eigenvalue weighted by atomic mass is 32.1. The number of nitrogens with zero attached hydrogens (tertiary/aromatic N) is 1. The van der Waals surface area contributed by atoms with E-state index in [2.05, 4.69) is 17.2 Å². The highest BCUT2D eigenvalue weighted by Crippen LogP contribution is 2.38. The number of fused-ring (bicyclic) bond motifs is 1. The number of rotatable bonds is 3. The van der Waals surface area contributed by atoms with Crippen molar-refractivity contribution in [3.63, 3.8) is 0 Å². The Bertz CT molecular complexity index is 604. The van der Waals surface area contributed by atoms with Gasteiger partial charge in [-0.05, 0) is 37.9 Å². The van der Waals surface area contributed by atoms with Gasteiger partial charge in [0.25, 0.3) is 0 Å². The minimum Gasteiger partial charge on any atom is -0.309 e. The predicted octanol–water partition coefficient (Wildman–Crippen LogP) is 4.08. The fourth-order valence-corrected chi connectivity index (χ4v) is 3.89. The Morgan fingerprint density at radius 2 is 2.10 bits per heavy atom. The summed E-state index contributed by atoms with van der Waals surface area (Å²) in [4.78, 5) is 5.67. The van der Waals surface area contributed by atoms with Crippen molar-refractivity contribution in [1.82, 2.24) is 10.3 Å². The van der Waals surface area contributed by atoms with E-state index in [0.717, 1.165) is 36.4 Å². The molecule has 0 bridgehead atoms.